The fraction of sp³-hybridized carbons (Fsp3) is 0.385. The van der Waals surface area contributed by atoms with Crippen LogP contribution in [0.5, 0.6) is 0 Å². The van der Waals surface area contributed by atoms with E-state index in [9.17, 15) is 0 Å². The molecule has 1 aliphatic rings. The van der Waals surface area contributed by atoms with Crippen LogP contribution in [-0.4, -0.2) is 35.8 Å². The van der Waals surface area contributed by atoms with Crippen LogP contribution in [0.4, 0.5) is 5.13 Å². The summed E-state index contributed by atoms with van der Waals surface area (Å²) in [6, 6.07) is 1.89. The number of nitrogens with zero attached hydrogens (tertiary/aromatic N) is 3. The standard InChI is InChI=1S/C13H14ClN3OS/c1-9-7-17(4-5-18-9)13-16-12(8-19-13)10-2-3-15-6-11(10)14/h2-3,6,8-9H,4-5,7H2,1H3/t9-/m1/s1. The molecule has 1 fully saturated rings. The van der Waals surface area contributed by atoms with Crippen LogP contribution in [0.2, 0.25) is 5.02 Å². The predicted octanol–water partition coefficient (Wildman–Crippen LogP) is 3.08. The predicted molar refractivity (Wildman–Crippen MR) is 78.0 cm³/mol. The molecule has 3 rings (SSSR count). The number of ether oxygens (including phenoxy) is 1. The van der Waals surface area contributed by atoms with Crippen molar-refractivity contribution in [2.45, 2.75) is 13.0 Å². The van der Waals surface area contributed by atoms with Crippen molar-refractivity contribution in [1.82, 2.24) is 9.97 Å². The van der Waals surface area contributed by atoms with Gasteiger partial charge in [-0.2, -0.15) is 0 Å². The maximum absolute atomic E-state index is 6.15. The highest BCUT2D eigenvalue weighted by Gasteiger charge is 2.20. The van der Waals surface area contributed by atoms with Gasteiger partial charge in [0, 0.05) is 36.4 Å². The highest BCUT2D eigenvalue weighted by Crippen LogP contribution is 2.31. The molecular weight excluding hydrogens is 282 g/mol. The quantitative estimate of drug-likeness (QED) is 0.853. The summed E-state index contributed by atoms with van der Waals surface area (Å²) in [6.45, 7) is 4.62. The van der Waals surface area contributed by atoms with Gasteiger partial charge in [-0.3, -0.25) is 4.98 Å². The number of morpholine rings is 1. The Morgan fingerprint density at radius 2 is 2.42 bits per heavy atom. The first kappa shape index (κ1) is 12.8. The Labute approximate surface area is 121 Å². The molecular formula is C13H14ClN3OS. The Hall–Kier alpha value is -1.17. The number of rotatable bonds is 2. The molecule has 0 bridgehead atoms. The summed E-state index contributed by atoms with van der Waals surface area (Å²) >= 11 is 7.79. The Morgan fingerprint density at radius 3 is 3.21 bits per heavy atom. The number of thiazole rings is 1. The van der Waals surface area contributed by atoms with E-state index in [1.165, 1.54) is 0 Å². The van der Waals surface area contributed by atoms with Gasteiger partial charge in [-0.05, 0) is 13.0 Å². The molecule has 2 aromatic heterocycles. The molecule has 0 aliphatic carbocycles. The fourth-order valence-corrected chi connectivity index (χ4v) is 3.19. The molecule has 6 heteroatoms. The van der Waals surface area contributed by atoms with Crippen LogP contribution >= 0.6 is 22.9 Å². The molecule has 4 nitrogen and oxygen atoms in total. The van der Waals surface area contributed by atoms with E-state index in [-0.39, 0.29) is 6.10 Å². The Morgan fingerprint density at radius 1 is 1.53 bits per heavy atom. The van der Waals surface area contributed by atoms with Crippen molar-refractivity contribution in [3.05, 3.63) is 28.9 Å². The number of anilines is 1. The molecule has 0 unspecified atom stereocenters. The zero-order valence-corrected chi connectivity index (χ0v) is 12.1. The summed E-state index contributed by atoms with van der Waals surface area (Å²) in [5.41, 5.74) is 1.84. The van der Waals surface area contributed by atoms with E-state index < -0.39 is 0 Å². The van der Waals surface area contributed by atoms with Gasteiger partial charge in [-0.15, -0.1) is 11.3 Å². The van der Waals surface area contributed by atoms with E-state index in [1.807, 2.05) is 11.4 Å². The zero-order valence-electron chi connectivity index (χ0n) is 10.5. The molecule has 0 saturated carbocycles. The third kappa shape index (κ3) is 2.73. The first-order valence-electron chi connectivity index (χ1n) is 6.16. The Balaban J connectivity index is 1.85. The van der Waals surface area contributed by atoms with Gasteiger partial charge in [0.25, 0.3) is 0 Å². The van der Waals surface area contributed by atoms with Gasteiger partial charge >= 0.3 is 0 Å². The molecule has 0 radical (unpaired) electrons. The Bertz CT molecular complexity index is 575. The smallest absolute Gasteiger partial charge is 0.186 e. The van der Waals surface area contributed by atoms with Crippen molar-refractivity contribution in [3.63, 3.8) is 0 Å². The molecule has 3 heterocycles. The molecule has 0 amide bonds. The second kappa shape index (κ2) is 5.45. The van der Waals surface area contributed by atoms with Crippen LogP contribution in [0.25, 0.3) is 11.3 Å². The van der Waals surface area contributed by atoms with Crippen LogP contribution in [0.3, 0.4) is 0 Å². The minimum absolute atomic E-state index is 0.255. The van der Waals surface area contributed by atoms with Gasteiger partial charge in [0.1, 0.15) is 0 Å². The van der Waals surface area contributed by atoms with Crippen molar-refractivity contribution >= 4 is 28.1 Å². The van der Waals surface area contributed by atoms with Gasteiger partial charge in [0.15, 0.2) is 5.13 Å². The lowest BCUT2D eigenvalue weighted by molar-refractivity contribution is 0.0532. The average molecular weight is 296 g/mol. The van der Waals surface area contributed by atoms with Crippen molar-refractivity contribution < 1.29 is 4.74 Å². The lowest BCUT2D eigenvalue weighted by Crippen LogP contribution is -2.41. The normalized spacial score (nSPS) is 19.7. The van der Waals surface area contributed by atoms with Crippen LogP contribution in [-0.2, 0) is 4.74 Å². The second-order valence-electron chi connectivity index (χ2n) is 4.50. The van der Waals surface area contributed by atoms with Crippen LogP contribution in [0.1, 0.15) is 6.92 Å². The average Bonchev–Trinajstić information content (AvgIpc) is 2.89. The lowest BCUT2D eigenvalue weighted by Gasteiger charge is -2.30. The van der Waals surface area contributed by atoms with E-state index in [0.29, 0.717) is 5.02 Å². The largest absolute Gasteiger partial charge is 0.375 e. The summed E-state index contributed by atoms with van der Waals surface area (Å²) in [5.74, 6) is 0. The van der Waals surface area contributed by atoms with E-state index in [0.717, 1.165) is 36.1 Å². The Kier molecular flexibility index (Phi) is 3.68. The second-order valence-corrected chi connectivity index (χ2v) is 5.74. The number of hydrogen-bond acceptors (Lipinski definition) is 5. The van der Waals surface area contributed by atoms with Crippen LogP contribution in [0.15, 0.2) is 23.8 Å². The third-order valence-corrected chi connectivity index (χ3v) is 4.25. The summed E-state index contributed by atoms with van der Waals surface area (Å²) in [5, 5.41) is 3.70. The van der Waals surface area contributed by atoms with Crippen molar-refractivity contribution in [2.24, 2.45) is 0 Å². The SMILES string of the molecule is C[C@@H]1CN(c2nc(-c3ccncc3Cl)cs2)CCO1. The van der Waals surface area contributed by atoms with E-state index >= 15 is 0 Å². The van der Waals surface area contributed by atoms with Crippen LogP contribution < -0.4 is 4.90 Å². The summed E-state index contributed by atoms with van der Waals surface area (Å²) < 4.78 is 5.55. The van der Waals surface area contributed by atoms with Gasteiger partial charge in [0.2, 0.25) is 0 Å². The van der Waals surface area contributed by atoms with Crippen molar-refractivity contribution in [3.8, 4) is 11.3 Å². The van der Waals surface area contributed by atoms with Gasteiger partial charge in [-0.1, -0.05) is 11.6 Å². The van der Waals surface area contributed by atoms with E-state index in [4.69, 9.17) is 16.3 Å². The first-order valence-corrected chi connectivity index (χ1v) is 7.42. The van der Waals surface area contributed by atoms with Gasteiger partial charge in [0.05, 0.1) is 23.4 Å². The molecule has 1 aliphatic heterocycles. The highest BCUT2D eigenvalue weighted by molar-refractivity contribution is 7.14. The third-order valence-electron chi connectivity index (χ3n) is 3.05. The van der Waals surface area contributed by atoms with Crippen LogP contribution in [0, 0.1) is 0 Å². The maximum atomic E-state index is 6.15. The van der Waals surface area contributed by atoms with Crippen molar-refractivity contribution in [1.29, 1.82) is 0 Å². The molecule has 1 atom stereocenters. The number of pyridine rings is 1. The molecule has 0 aromatic carbocycles. The summed E-state index contributed by atoms with van der Waals surface area (Å²) in [6.07, 6.45) is 3.63. The van der Waals surface area contributed by atoms with E-state index in [2.05, 4.69) is 21.8 Å². The highest BCUT2D eigenvalue weighted by atomic mass is 35.5. The van der Waals surface area contributed by atoms with Crippen molar-refractivity contribution in [2.75, 3.05) is 24.6 Å². The topological polar surface area (TPSA) is 38.2 Å². The molecule has 0 N–H and O–H groups in total. The minimum Gasteiger partial charge on any atom is -0.375 e. The lowest BCUT2D eigenvalue weighted by atomic mass is 10.2. The first-order chi connectivity index (χ1) is 9.24. The summed E-state index contributed by atoms with van der Waals surface area (Å²) in [7, 11) is 0. The minimum atomic E-state index is 0.255. The maximum Gasteiger partial charge on any atom is 0.186 e. The van der Waals surface area contributed by atoms with Gasteiger partial charge < -0.3 is 9.64 Å². The number of hydrogen-bond donors (Lipinski definition) is 0. The molecule has 1 saturated heterocycles. The molecule has 19 heavy (non-hydrogen) atoms. The summed E-state index contributed by atoms with van der Waals surface area (Å²) in [4.78, 5) is 10.9. The molecule has 0 spiro atoms. The van der Waals surface area contributed by atoms with Gasteiger partial charge in [-0.25, -0.2) is 4.98 Å². The van der Waals surface area contributed by atoms with E-state index in [1.54, 1.807) is 23.7 Å². The molecule has 2 aromatic rings. The fourth-order valence-electron chi connectivity index (χ4n) is 2.11. The zero-order chi connectivity index (χ0) is 13.2. The number of halogens is 1. The number of aromatic nitrogens is 2. The monoisotopic (exact) mass is 295 g/mol. The molecule has 100 valence electrons.